The molecule has 1 atom stereocenters. The first-order valence-electron chi connectivity index (χ1n) is 6.80. The van der Waals surface area contributed by atoms with Gasteiger partial charge in [0, 0.05) is 6.04 Å². The van der Waals surface area contributed by atoms with Gasteiger partial charge in [0.1, 0.15) is 5.69 Å². The number of aromatic nitrogens is 2. The predicted molar refractivity (Wildman–Crippen MR) is 73.3 cm³/mol. The van der Waals surface area contributed by atoms with Gasteiger partial charge in [-0.15, -0.1) is 0 Å². The number of nitrogen functional groups attached to an aromatic ring is 1. The number of hydrogen-bond donors (Lipinski definition) is 3. The number of nitrogens with two attached hydrogens (primary N) is 1. The third-order valence-corrected chi connectivity index (χ3v) is 3.73. The van der Waals surface area contributed by atoms with Crippen molar-refractivity contribution < 1.29 is 4.79 Å². The Bertz CT molecular complexity index is 431. The fraction of sp³-hybridized carbons (Fsp3) is 0.615. The predicted octanol–water partition coefficient (Wildman–Crippen LogP) is 1.46. The summed E-state index contributed by atoms with van der Waals surface area (Å²) in [5, 5.41) is 3.01. The van der Waals surface area contributed by atoms with Crippen LogP contribution in [0.1, 0.15) is 49.5 Å². The van der Waals surface area contributed by atoms with E-state index >= 15 is 0 Å². The molecule has 0 radical (unpaired) electrons. The summed E-state index contributed by atoms with van der Waals surface area (Å²) in [7, 11) is 0. The molecular formula is C13H21N5O. The van der Waals surface area contributed by atoms with Gasteiger partial charge in [-0.05, 0) is 25.7 Å². The summed E-state index contributed by atoms with van der Waals surface area (Å²) in [5.41, 5.74) is 2.68. The summed E-state index contributed by atoms with van der Waals surface area (Å²) in [6.07, 6.45) is 9.14. The van der Waals surface area contributed by atoms with Crippen molar-refractivity contribution in [3.05, 3.63) is 18.1 Å². The first-order valence-corrected chi connectivity index (χ1v) is 6.80. The number of hydrazine groups is 1. The number of carbonyl (C=O) groups is 1. The van der Waals surface area contributed by atoms with Gasteiger partial charge in [-0.3, -0.25) is 9.78 Å². The van der Waals surface area contributed by atoms with Gasteiger partial charge in [-0.2, -0.15) is 0 Å². The van der Waals surface area contributed by atoms with E-state index in [2.05, 4.69) is 27.6 Å². The first-order chi connectivity index (χ1) is 9.20. The van der Waals surface area contributed by atoms with Crippen LogP contribution in [0.15, 0.2) is 12.4 Å². The van der Waals surface area contributed by atoms with Gasteiger partial charge in [-0.25, -0.2) is 10.8 Å². The van der Waals surface area contributed by atoms with E-state index in [1.807, 2.05) is 0 Å². The van der Waals surface area contributed by atoms with Crippen molar-refractivity contribution in [2.75, 3.05) is 5.43 Å². The zero-order chi connectivity index (χ0) is 13.7. The molecule has 1 unspecified atom stereocenters. The maximum absolute atomic E-state index is 12.1. The zero-order valence-electron chi connectivity index (χ0n) is 11.2. The van der Waals surface area contributed by atoms with Crippen molar-refractivity contribution in [1.82, 2.24) is 15.3 Å². The molecule has 1 aliphatic carbocycles. The fourth-order valence-corrected chi connectivity index (χ4v) is 2.58. The second-order valence-corrected chi connectivity index (χ2v) is 5.09. The van der Waals surface area contributed by atoms with Gasteiger partial charge >= 0.3 is 0 Å². The number of nitrogens with zero attached hydrogens (tertiary/aromatic N) is 2. The average molecular weight is 263 g/mol. The molecule has 6 nitrogen and oxygen atoms in total. The molecular weight excluding hydrogens is 242 g/mol. The average Bonchev–Trinajstić information content (AvgIpc) is 2.48. The lowest BCUT2D eigenvalue weighted by atomic mass is 9.84. The first kappa shape index (κ1) is 13.7. The highest BCUT2D eigenvalue weighted by Gasteiger charge is 2.22. The molecule has 1 fully saturated rings. The summed E-state index contributed by atoms with van der Waals surface area (Å²) in [6, 6.07) is 0.170. The second kappa shape index (κ2) is 6.47. The minimum absolute atomic E-state index is 0.170. The largest absolute Gasteiger partial charge is 0.348 e. The standard InChI is InChI=1S/C13H21N5O/c1-9(10-5-3-2-4-6-10)16-13(19)11-7-15-8-12(17-11)18-14/h7-10H,2-6,14H2,1H3,(H,16,19)(H,17,18). The van der Waals surface area contributed by atoms with Crippen LogP contribution in [0.5, 0.6) is 0 Å². The molecule has 4 N–H and O–H groups in total. The number of amides is 1. The summed E-state index contributed by atoms with van der Waals surface area (Å²) in [4.78, 5) is 20.1. The van der Waals surface area contributed by atoms with Crippen molar-refractivity contribution >= 4 is 11.7 Å². The summed E-state index contributed by atoms with van der Waals surface area (Å²) >= 11 is 0. The lowest BCUT2D eigenvalue weighted by molar-refractivity contribution is 0.0914. The van der Waals surface area contributed by atoms with E-state index in [4.69, 9.17) is 5.84 Å². The Labute approximate surface area is 113 Å². The molecule has 1 amide bonds. The number of anilines is 1. The van der Waals surface area contributed by atoms with Crippen LogP contribution < -0.4 is 16.6 Å². The highest BCUT2D eigenvalue weighted by Crippen LogP contribution is 2.26. The Morgan fingerprint density at radius 1 is 1.37 bits per heavy atom. The normalized spacial score (nSPS) is 17.8. The molecule has 1 heterocycles. The van der Waals surface area contributed by atoms with Crippen molar-refractivity contribution in [2.24, 2.45) is 11.8 Å². The molecule has 0 aliphatic heterocycles. The summed E-state index contributed by atoms with van der Waals surface area (Å²) in [6.45, 7) is 2.06. The molecule has 0 aromatic carbocycles. The number of nitrogens with one attached hydrogen (secondary N) is 2. The van der Waals surface area contributed by atoms with Crippen LogP contribution >= 0.6 is 0 Å². The van der Waals surface area contributed by atoms with E-state index in [1.54, 1.807) is 0 Å². The minimum atomic E-state index is -0.192. The second-order valence-electron chi connectivity index (χ2n) is 5.09. The minimum Gasteiger partial charge on any atom is -0.348 e. The van der Waals surface area contributed by atoms with Gasteiger partial charge in [0.2, 0.25) is 0 Å². The third-order valence-electron chi connectivity index (χ3n) is 3.73. The lowest BCUT2D eigenvalue weighted by Gasteiger charge is -2.28. The van der Waals surface area contributed by atoms with Crippen LogP contribution in [0.2, 0.25) is 0 Å². The molecule has 104 valence electrons. The van der Waals surface area contributed by atoms with Crippen LogP contribution in [0, 0.1) is 5.92 Å². The molecule has 1 aliphatic rings. The number of rotatable bonds is 4. The van der Waals surface area contributed by atoms with Crippen LogP contribution in [0.4, 0.5) is 5.82 Å². The maximum atomic E-state index is 12.1. The van der Waals surface area contributed by atoms with Gasteiger partial charge in [0.05, 0.1) is 12.4 Å². The van der Waals surface area contributed by atoms with E-state index < -0.39 is 0 Å². The Morgan fingerprint density at radius 2 is 2.11 bits per heavy atom. The Kier molecular flexibility index (Phi) is 4.68. The number of hydrogen-bond acceptors (Lipinski definition) is 5. The van der Waals surface area contributed by atoms with E-state index in [-0.39, 0.29) is 17.6 Å². The Hall–Kier alpha value is -1.69. The smallest absolute Gasteiger partial charge is 0.271 e. The Balaban J connectivity index is 1.95. The third kappa shape index (κ3) is 3.64. The summed E-state index contributed by atoms with van der Waals surface area (Å²) in [5.74, 6) is 6.02. The summed E-state index contributed by atoms with van der Waals surface area (Å²) < 4.78 is 0. The van der Waals surface area contributed by atoms with Gasteiger partial charge in [0.25, 0.3) is 5.91 Å². The van der Waals surface area contributed by atoms with E-state index in [1.165, 1.54) is 44.5 Å². The van der Waals surface area contributed by atoms with Crippen molar-refractivity contribution in [3.63, 3.8) is 0 Å². The molecule has 6 heteroatoms. The molecule has 1 aromatic heterocycles. The van der Waals surface area contributed by atoms with Crippen LogP contribution in [0.25, 0.3) is 0 Å². The quantitative estimate of drug-likeness (QED) is 0.565. The SMILES string of the molecule is CC(NC(=O)c1cncc(NN)n1)C1CCCCC1. The Morgan fingerprint density at radius 3 is 2.79 bits per heavy atom. The van der Waals surface area contributed by atoms with E-state index in [9.17, 15) is 4.79 Å². The van der Waals surface area contributed by atoms with E-state index in [0.717, 1.165) is 0 Å². The van der Waals surface area contributed by atoms with Crippen molar-refractivity contribution in [1.29, 1.82) is 0 Å². The van der Waals surface area contributed by atoms with Gasteiger partial charge in [0.15, 0.2) is 5.82 Å². The molecule has 0 saturated heterocycles. The highest BCUT2D eigenvalue weighted by molar-refractivity contribution is 5.92. The van der Waals surface area contributed by atoms with Crippen LogP contribution in [-0.4, -0.2) is 21.9 Å². The molecule has 0 bridgehead atoms. The van der Waals surface area contributed by atoms with Crippen molar-refractivity contribution in [2.45, 2.75) is 45.1 Å². The van der Waals surface area contributed by atoms with Crippen molar-refractivity contribution in [3.8, 4) is 0 Å². The van der Waals surface area contributed by atoms with Crippen LogP contribution in [-0.2, 0) is 0 Å². The monoisotopic (exact) mass is 263 g/mol. The van der Waals surface area contributed by atoms with Gasteiger partial charge in [-0.1, -0.05) is 19.3 Å². The molecule has 0 spiro atoms. The van der Waals surface area contributed by atoms with E-state index in [0.29, 0.717) is 11.7 Å². The molecule has 1 aromatic rings. The van der Waals surface area contributed by atoms with Gasteiger partial charge < -0.3 is 10.7 Å². The molecule has 2 rings (SSSR count). The molecule has 1 saturated carbocycles. The fourth-order valence-electron chi connectivity index (χ4n) is 2.58. The lowest BCUT2D eigenvalue weighted by Crippen LogP contribution is -2.39. The zero-order valence-corrected chi connectivity index (χ0v) is 11.2. The number of carbonyl (C=O) groups excluding carboxylic acids is 1. The topological polar surface area (TPSA) is 92.9 Å². The maximum Gasteiger partial charge on any atom is 0.271 e. The highest BCUT2D eigenvalue weighted by atomic mass is 16.1. The van der Waals surface area contributed by atoms with Crippen LogP contribution in [0.3, 0.4) is 0 Å². The molecule has 19 heavy (non-hydrogen) atoms.